The van der Waals surface area contributed by atoms with Gasteiger partial charge in [0.05, 0.1) is 0 Å². The molecule has 0 atom stereocenters. The van der Waals surface area contributed by atoms with E-state index in [2.05, 4.69) is 43.4 Å². The van der Waals surface area contributed by atoms with Crippen molar-refractivity contribution in [1.29, 1.82) is 0 Å². The van der Waals surface area contributed by atoms with Crippen LogP contribution in [0.15, 0.2) is 34.7 Å². The molecule has 0 aromatic heterocycles. The van der Waals surface area contributed by atoms with Gasteiger partial charge in [0, 0.05) is 0 Å². The second-order valence-corrected chi connectivity index (χ2v) is 9.06. The molecule has 0 unspecified atom stereocenters. The van der Waals surface area contributed by atoms with Gasteiger partial charge in [0.15, 0.2) is 0 Å². The van der Waals surface area contributed by atoms with Crippen LogP contribution in [-0.2, 0) is 26.2 Å². The van der Waals surface area contributed by atoms with Gasteiger partial charge in [-0.05, 0) is 6.04 Å². The van der Waals surface area contributed by atoms with Crippen LogP contribution in [0, 0.1) is 12.2 Å². The number of hydrogen-bond donors (Lipinski definition) is 0. The van der Waals surface area contributed by atoms with E-state index in [1.165, 1.54) is 10.4 Å². The minimum Gasteiger partial charge on any atom is -1.00 e. The van der Waals surface area contributed by atoms with E-state index in [1.54, 1.807) is 0 Å². The number of hydrogen-bond acceptors (Lipinski definition) is 0. The maximum absolute atomic E-state index is 6.89. The molecular weight excluding hydrogens is 382 g/mol. The van der Waals surface area contributed by atoms with E-state index < -0.39 is 7.38 Å². The Bertz CT molecular complexity index is 342. The van der Waals surface area contributed by atoms with Crippen molar-refractivity contribution in [3.63, 3.8) is 0 Å². The van der Waals surface area contributed by atoms with Crippen molar-refractivity contribution < 1.29 is 51.0 Å². The van der Waals surface area contributed by atoms with Crippen molar-refractivity contribution in [2.24, 2.45) is 0 Å². The summed E-state index contributed by atoms with van der Waals surface area (Å²) in [5.74, 6) is 0. The molecule has 0 saturated carbocycles. The zero-order chi connectivity index (χ0) is 10.7. The SMILES string of the molecule is CCC[Si](Cl)(C1=[C-]CC=C1)C1=[C-]CC=C1.[Cl-].[Cl-].[Zr+4]. The smallest absolute Gasteiger partial charge is 1.00 e. The Morgan fingerprint density at radius 3 is 1.83 bits per heavy atom. The minimum atomic E-state index is -1.97. The second-order valence-electron chi connectivity index (χ2n) is 3.95. The fourth-order valence-electron chi connectivity index (χ4n) is 2.11. The van der Waals surface area contributed by atoms with E-state index in [4.69, 9.17) is 11.1 Å². The molecule has 0 spiro atoms. The summed E-state index contributed by atoms with van der Waals surface area (Å²) in [7, 11) is -1.97. The van der Waals surface area contributed by atoms with Crippen LogP contribution in [-0.4, -0.2) is 7.38 Å². The molecule has 0 bridgehead atoms. The Balaban J connectivity index is 0. The molecule has 5 heteroatoms. The summed E-state index contributed by atoms with van der Waals surface area (Å²) in [6.45, 7) is 2.20. The first-order valence-corrected chi connectivity index (χ1v) is 8.74. The van der Waals surface area contributed by atoms with Crippen molar-refractivity contribution in [1.82, 2.24) is 0 Å². The first-order chi connectivity index (χ1) is 7.27. The molecule has 0 N–H and O–H groups in total. The van der Waals surface area contributed by atoms with Crippen LogP contribution in [0.4, 0.5) is 0 Å². The molecule has 0 radical (unpaired) electrons. The van der Waals surface area contributed by atoms with Gasteiger partial charge >= 0.3 is 26.2 Å². The molecule has 0 aromatic rings. The monoisotopic (exact) mass is 394 g/mol. The molecule has 0 amide bonds. The van der Waals surface area contributed by atoms with Crippen molar-refractivity contribution >= 4 is 18.5 Å². The molecular formula is C13H15Cl3SiZr. The third-order valence-corrected chi connectivity index (χ3v) is 8.21. The molecule has 0 saturated heterocycles. The maximum atomic E-state index is 6.89. The van der Waals surface area contributed by atoms with Gasteiger partial charge in [-0.1, -0.05) is 13.3 Å². The van der Waals surface area contributed by atoms with E-state index >= 15 is 0 Å². The average molecular weight is 397 g/mol. The van der Waals surface area contributed by atoms with Gasteiger partial charge in [-0.25, -0.2) is 22.5 Å². The summed E-state index contributed by atoms with van der Waals surface area (Å²) in [6, 6.07) is 1.09. The van der Waals surface area contributed by atoms with E-state index in [-0.39, 0.29) is 51.0 Å². The molecule has 0 nitrogen and oxygen atoms in total. The average Bonchev–Trinajstić information content (AvgIpc) is 2.92. The van der Waals surface area contributed by atoms with E-state index in [9.17, 15) is 0 Å². The Labute approximate surface area is 147 Å². The molecule has 96 valence electrons. The summed E-state index contributed by atoms with van der Waals surface area (Å²) in [4.78, 5) is 0. The van der Waals surface area contributed by atoms with Gasteiger partial charge in [-0.15, -0.1) is 12.8 Å². The minimum absolute atomic E-state index is 0. The summed E-state index contributed by atoms with van der Waals surface area (Å²) in [5, 5.41) is 2.53. The van der Waals surface area contributed by atoms with Gasteiger partial charge in [-0.2, -0.15) is 23.2 Å². The van der Waals surface area contributed by atoms with Gasteiger partial charge < -0.3 is 24.8 Å². The summed E-state index contributed by atoms with van der Waals surface area (Å²) >= 11 is 6.89. The molecule has 2 aliphatic carbocycles. The van der Waals surface area contributed by atoms with Gasteiger partial charge in [0.1, 0.15) is 7.38 Å². The van der Waals surface area contributed by atoms with Crippen molar-refractivity contribution in [2.45, 2.75) is 32.2 Å². The third-order valence-electron chi connectivity index (χ3n) is 2.84. The normalized spacial score (nSPS) is 16.3. The van der Waals surface area contributed by atoms with Crippen molar-refractivity contribution in [2.75, 3.05) is 0 Å². The van der Waals surface area contributed by atoms with Crippen LogP contribution >= 0.6 is 11.1 Å². The Morgan fingerprint density at radius 2 is 1.56 bits per heavy atom. The Hall–Kier alpha value is 0.930. The number of halogens is 3. The molecule has 2 aliphatic rings. The first kappa shape index (κ1) is 21.2. The van der Waals surface area contributed by atoms with Gasteiger partial charge in [0.2, 0.25) is 0 Å². The molecule has 0 heterocycles. The quantitative estimate of drug-likeness (QED) is 0.294. The number of rotatable bonds is 4. The van der Waals surface area contributed by atoms with Gasteiger partial charge in [-0.3, -0.25) is 12.2 Å². The van der Waals surface area contributed by atoms with Crippen LogP contribution in [0.5, 0.6) is 0 Å². The van der Waals surface area contributed by atoms with Crippen LogP contribution in [0.3, 0.4) is 0 Å². The largest absolute Gasteiger partial charge is 4.00 e. The predicted molar refractivity (Wildman–Crippen MR) is 67.7 cm³/mol. The van der Waals surface area contributed by atoms with Gasteiger partial charge in [0.25, 0.3) is 0 Å². The summed E-state index contributed by atoms with van der Waals surface area (Å²) in [5.41, 5.74) is 0. The zero-order valence-corrected chi connectivity index (χ0v) is 16.0. The predicted octanol–water partition coefficient (Wildman–Crippen LogP) is -1.96. The topological polar surface area (TPSA) is 0 Å². The standard InChI is InChI=1S/C13H15ClSi.2ClH.Zr/c1-2-11-15(14,12-7-3-4-8-12)13-9-5-6-10-13;;;/h3,5,7,9H,2,4,6,11H2,1H3;2*1H;/q-2;;;+4/p-2. The van der Waals surface area contributed by atoms with Crippen LogP contribution in [0.25, 0.3) is 0 Å². The molecule has 0 aliphatic heterocycles. The van der Waals surface area contributed by atoms with E-state index in [0.29, 0.717) is 0 Å². The second kappa shape index (κ2) is 9.77. The summed E-state index contributed by atoms with van der Waals surface area (Å²) < 4.78 is 0. The zero-order valence-electron chi connectivity index (χ0n) is 10.3. The maximum Gasteiger partial charge on any atom is 4.00 e. The Morgan fingerprint density at radius 1 is 1.11 bits per heavy atom. The summed E-state index contributed by atoms with van der Waals surface area (Å²) in [6.07, 6.45) is 18.4. The fourth-order valence-corrected chi connectivity index (χ4v) is 6.50. The van der Waals surface area contributed by atoms with Crippen molar-refractivity contribution in [3.05, 3.63) is 46.8 Å². The third kappa shape index (κ3) is 4.49. The first-order valence-electron chi connectivity index (χ1n) is 5.52. The molecule has 18 heavy (non-hydrogen) atoms. The van der Waals surface area contributed by atoms with Crippen LogP contribution in [0.2, 0.25) is 6.04 Å². The fraction of sp³-hybridized carbons (Fsp3) is 0.385. The van der Waals surface area contributed by atoms with Crippen LogP contribution in [0.1, 0.15) is 26.2 Å². The number of allylic oxidation sites excluding steroid dienone is 8. The molecule has 0 aromatic carbocycles. The van der Waals surface area contributed by atoms with E-state index in [1.807, 2.05) is 0 Å². The molecule has 0 fully saturated rings. The molecule has 2 rings (SSSR count). The Kier molecular flexibility index (Phi) is 11.5. The van der Waals surface area contributed by atoms with Crippen LogP contribution < -0.4 is 24.8 Å². The van der Waals surface area contributed by atoms with E-state index in [0.717, 1.165) is 25.3 Å². The van der Waals surface area contributed by atoms with Crippen molar-refractivity contribution in [3.8, 4) is 0 Å².